The van der Waals surface area contributed by atoms with Gasteiger partial charge in [0.1, 0.15) is 9.84 Å². The van der Waals surface area contributed by atoms with Crippen LogP contribution in [0, 0.1) is 0 Å². The molecule has 0 amide bonds. The summed E-state index contributed by atoms with van der Waals surface area (Å²) in [6, 6.07) is 10.5. The fourth-order valence-electron chi connectivity index (χ4n) is 1.46. The molecular formula is C12H18O2S. The van der Waals surface area contributed by atoms with Crippen LogP contribution in [-0.4, -0.2) is 19.9 Å². The highest BCUT2D eigenvalue weighted by atomic mass is 32.2. The molecule has 0 aliphatic carbocycles. The largest absolute Gasteiger partial charge is 0.229 e. The number of sulfone groups is 1. The summed E-state index contributed by atoms with van der Waals surface area (Å²) in [5, 5.41) is 0. The average Bonchev–Trinajstić information content (AvgIpc) is 2.65. The van der Waals surface area contributed by atoms with Gasteiger partial charge >= 0.3 is 0 Å². The van der Waals surface area contributed by atoms with Crippen LogP contribution in [0.2, 0.25) is 0 Å². The van der Waals surface area contributed by atoms with Crippen LogP contribution in [0.5, 0.6) is 0 Å². The number of aryl methyl sites for hydroxylation is 1. The van der Waals surface area contributed by atoms with Crippen molar-refractivity contribution in [1.82, 2.24) is 0 Å². The van der Waals surface area contributed by atoms with E-state index >= 15 is 0 Å². The molecule has 1 saturated heterocycles. The average molecular weight is 226 g/mol. The van der Waals surface area contributed by atoms with Gasteiger partial charge in [-0.3, -0.25) is 0 Å². The normalized spacial score (nSPS) is 17.9. The van der Waals surface area contributed by atoms with Crippen molar-refractivity contribution in [1.29, 1.82) is 0 Å². The second-order valence-corrected chi connectivity index (χ2v) is 6.00. The van der Waals surface area contributed by atoms with E-state index in [1.165, 1.54) is 5.56 Å². The minimum Gasteiger partial charge on any atom is -0.229 e. The molecule has 2 rings (SSSR count). The number of hydrogen-bond donors (Lipinski definition) is 0. The fourth-order valence-corrected chi connectivity index (χ4v) is 2.95. The Labute approximate surface area is 92.2 Å². The second kappa shape index (κ2) is 5.91. The molecule has 0 atom stereocenters. The zero-order valence-electron chi connectivity index (χ0n) is 9.15. The molecule has 1 aliphatic rings. The first-order chi connectivity index (χ1) is 7.14. The summed E-state index contributed by atoms with van der Waals surface area (Å²) < 4.78 is 20.9. The van der Waals surface area contributed by atoms with E-state index in [1.807, 2.05) is 6.07 Å². The Balaban J connectivity index is 0.000000151. The summed E-state index contributed by atoms with van der Waals surface area (Å²) in [4.78, 5) is 0. The van der Waals surface area contributed by atoms with E-state index in [0.717, 1.165) is 19.3 Å². The Morgan fingerprint density at radius 2 is 1.60 bits per heavy atom. The van der Waals surface area contributed by atoms with Crippen molar-refractivity contribution >= 4 is 9.84 Å². The van der Waals surface area contributed by atoms with Crippen molar-refractivity contribution in [3.05, 3.63) is 35.9 Å². The molecule has 0 aromatic heterocycles. The van der Waals surface area contributed by atoms with Crippen molar-refractivity contribution < 1.29 is 8.42 Å². The molecular weight excluding hydrogens is 208 g/mol. The van der Waals surface area contributed by atoms with Crippen molar-refractivity contribution in [3.8, 4) is 0 Å². The highest BCUT2D eigenvalue weighted by Gasteiger charge is 2.16. The molecule has 0 N–H and O–H groups in total. The Morgan fingerprint density at radius 1 is 1.07 bits per heavy atom. The van der Waals surface area contributed by atoms with Gasteiger partial charge in [-0.1, -0.05) is 37.3 Å². The standard InChI is InChI=1S/C8H10.C4H8O2S/c1-2-8-6-4-3-5-7-8;5-7(6)3-1-2-4-7/h3-7H,2H2,1H3;1-4H2. The molecule has 0 bridgehead atoms. The summed E-state index contributed by atoms with van der Waals surface area (Å²) in [7, 11) is -2.55. The molecule has 3 heteroatoms. The van der Waals surface area contributed by atoms with Gasteiger partial charge in [-0.2, -0.15) is 0 Å². The Morgan fingerprint density at radius 3 is 1.87 bits per heavy atom. The van der Waals surface area contributed by atoms with E-state index in [9.17, 15) is 8.42 Å². The zero-order chi connectivity index (χ0) is 11.1. The van der Waals surface area contributed by atoms with Crippen LogP contribution in [-0.2, 0) is 16.3 Å². The first-order valence-electron chi connectivity index (χ1n) is 5.38. The third-order valence-electron chi connectivity index (χ3n) is 2.41. The van der Waals surface area contributed by atoms with Crippen LogP contribution < -0.4 is 0 Å². The molecule has 15 heavy (non-hydrogen) atoms. The molecule has 2 nitrogen and oxygen atoms in total. The van der Waals surface area contributed by atoms with Gasteiger partial charge in [0.15, 0.2) is 0 Å². The van der Waals surface area contributed by atoms with Gasteiger partial charge in [0.25, 0.3) is 0 Å². The molecule has 0 radical (unpaired) electrons. The zero-order valence-corrected chi connectivity index (χ0v) is 9.96. The van der Waals surface area contributed by atoms with Crippen molar-refractivity contribution in [2.24, 2.45) is 0 Å². The highest BCUT2D eigenvalue weighted by Crippen LogP contribution is 2.08. The first-order valence-corrected chi connectivity index (χ1v) is 7.20. The Kier molecular flexibility index (Phi) is 4.82. The lowest BCUT2D eigenvalue weighted by atomic mass is 10.2. The number of hydrogen-bond acceptors (Lipinski definition) is 2. The van der Waals surface area contributed by atoms with Gasteiger partial charge in [0, 0.05) is 0 Å². The van der Waals surface area contributed by atoms with E-state index in [-0.39, 0.29) is 0 Å². The van der Waals surface area contributed by atoms with Gasteiger partial charge in [-0.05, 0) is 24.8 Å². The molecule has 1 aromatic rings. The van der Waals surface area contributed by atoms with Crippen molar-refractivity contribution in [2.75, 3.05) is 11.5 Å². The summed E-state index contributed by atoms with van der Waals surface area (Å²) in [6.45, 7) is 2.16. The highest BCUT2D eigenvalue weighted by molar-refractivity contribution is 7.91. The summed E-state index contributed by atoms with van der Waals surface area (Å²) in [6.07, 6.45) is 2.89. The molecule has 1 aliphatic heterocycles. The quantitative estimate of drug-likeness (QED) is 0.737. The Hall–Kier alpha value is -0.830. The van der Waals surface area contributed by atoms with Gasteiger partial charge in [0.2, 0.25) is 0 Å². The van der Waals surface area contributed by atoms with Gasteiger partial charge in [-0.15, -0.1) is 0 Å². The second-order valence-electron chi connectivity index (χ2n) is 3.70. The van der Waals surface area contributed by atoms with E-state index < -0.39 is 9.84 Å². The number of benzene rings is 1. The SMILES string of the molecule is CCc1ccccc1.O=S1(=O)CCCC1. The predicted molar refractivity (Wildman–Crippen MR) is 63.7 cm³/mol. The van der Waals surface area contributed by atoms with E-state index in [1.54, 1.807) is 0 Å². The molecule has 0 spiro atoms. The third-order valence-corrected chi connectivity index (χ3v) is 4.23. The van der Waals surface area contributed by atoms with Gasteiger partial charge in [-0.25, -0.2) is 8.42 Å². The maximum absolute atomic E-state index is 10.4. The van der Waals surface area contributed by atoms with Crippen LogP contribution in [0.1, 0.15) is 25.3 Å². The van der Waals surface area contributed by atoms with E-state index in [0.29, 0.717) is 11.5 Å². The van der Waals surface area contributed by atoms with Crippen LogP contribution in [0.15, 0.2) is 30.3 Å². The lowest BCUT2D eigenvalue weighted by Gasteiger charge is -1.89. The van der Waals surface area contributed by atoms with Crippen LogP contribution in [0.4, 0.5) is 0 Å². The fraction of sp³-hybridized carbons (Fsp3) is 0.500. The first kappa shape index (κ1) is 12.2. The Bertz CT molecular complexity index is 356. The van der Waals surface area contributed by atoms with Crippen LogP contribution in [0.25, 0.3) is 0 Å². The van der Waals surface area contributed by atoms with Gasteiger partial charge in [0.05, 0.1) is 11.5 Å². The van der Waals surface area contributed by atoms with E-state index in [2.05, 4.69) is 31.2 Å². The minimum atomic E-state index is -2.55. The van der Waals surface area contributed by atoms with Crippen molar-refractivity contribution in [3.63, 3.8) is 0 Å². The lowest BCUT2D eigenvalue weighted by molar-refractivity contribution is 0.602. The van der Waals surface area contributed by atoms with Crippen molar-refractivity contribution in [2.45, 2.75) is 26.2 Å². The van der Waals surface area contributed by atoms with Crippen LogP contribution >= 0.6 is 0 Å². The maximum atomic E-state index is 10.4. The van der Waals surface area contributed by atoms with Gasteiger partial charge < -0.3 is 0 Å². The molecule has 0 unspecified atom stereocenters. The summed E-state index contributed by atoms with van der Waals surface area (Å²) in [5.41, 5.74) is 1.41. The molecule has 84 valence electrons. The summed E-state index contributed by atoms with van der Waals surface area (Å²) in [5.74, 6) is 0.847. The topological polar surface area (TPSA) is 34.1 Å². The lowest BCUT2D eigenvalue weighted by Crippen LogP contribution is -1.98. The monoisotopic (exact) mass is 226 g/mol. The number of rotatable bonds is 1. The van der Waals surface area contributed by atoms with Crippen LogP contribution in [0.3, 0.4) is 0 Å². The molecule has 1 fully saturated rings. The summed E-state index contributed by atoms with van der Waals surface area (Å²) >= 11 is 0. The maximum Gasteiger partial charge on any atom is 0.150 e. The molecule has 1 heterocycles. The third kappa shape index (κ3) is 4.98. The molecule has 0 saturated carbocycles. The minimum absolute atomic E-state index is 0.424. The smallest absolute Gasteiger partial charge is 0.150 e. The predicted octanol–water partition coefficient (Wildman–Crippen LogP) is 2.44. The molecule has 1 aromatic carbocycles. The van der Waals surface area contributed by atoms with E-state index in [4.69, 9.17) is 0 Å².